The maximum atomic E-state index is 11.8. The van der Waals surface area contributed by atoms with Gasteiger partial charge in [-0.2, -0.15) is 0 Å². The van der Waals surface area contributed by atoms with E-state index >= 15 is 0 Å². The van der Waals surface area contributed by atoms with Crippen molar-refractivity contribution < 1.29 is 19.4 Å². The minimum absolute atomic E-state index is 0.0241. The zero-order valence-electron chi connectivity index (χ0n) is 17.8. The third-order valence-corrected chi connectivity index (χ3v) is 5.52. The Balaban J connectivity index is 1.68. The van der Waals surface area contributed by atoms with Gasteiger partial charge in [0.25, 0.3) is 0 Å². The monoisotopic (exact) mass is 436 g/mol. The van der Waals surface area contributed by atoms with Gasteiger partial charge in [0.2, 0.25) is 0 Å². The normalized spacial score (nSPS) is 11.7. The quantitative estimate of drug-likeness (QED) is 0.421. The number of ether oxygens (including phenoxy) is 1. The lowest BCUT2D eigenvalue weighted by Gasteiger charge is -2.18. The third kappa shape index (κ3) is 5.74. The fraction of sp³-hybridized carbons (Fsp3) is 0.231. The fourth-order valence-electron chi connectivity index (χ4n) is 3.49. The summed E-state index contributed by atoms with van der Waals surface area (Å²) >= 11 is 5.94. The molecule has 0 aliphatic rings. The van der Waals surface area contributed by atoms with Gasteiger partial charge in [-0.25, -0.2) is 4.79 Å². The highest BCUT2D eigenvalue weighted by Crippen LogP contribution is 2.26. The van der Waals surface area contributed by atoms with Gasteiger partial charge in [-0.05, 0) is 85.7 Å². The van der Waals surface area contributed by atoms with E-state index in [4.69, 9.17) is 16.3 Å². The number of aryl methyl sites for hydroxylation is 3. The SMILES string of the molecule is CC(=O)c1cc(C)c(OC(CCc2ccc(-c3ccc(Cl)cc3)cc2)C(=O)O)cc1C. The first-order chi connectivity index (χ1) is 14.7. The lowest BCUT2D eigenvalue weighted by atomic mass is 10.0. The van der Waals surface area contributed by atoms with Crippen LogP contribution in [0.3, 0.4) is 0 Å². The standard InChI is InChI=1S/C26H25ClO4/c1-16-15-25(17(2)14-23(16)18(3)28)31-24(26(29)30)13-6-19-4-7-20(8-5-19)21-9-11-22(27)12-10-21/h4-5,7-12,14-15,24H,6,13H2,1-3H3,(H,29,30). The molecule has 0 fully saturated rings. The number of halogens is 1. The Morgan fingerprint density at radius 2 is 1.52 bits per heavy atom. The minimum Gasteiger partial charge on any atom is -0.479 e. The van der Waals surface area contributed by atoms with Crippen molar-refractivity contribution in [2.75, 3.05) is 0 Å². The number of carbonyl (C=O) groups excluding carboxylic acids is 1. The second kappa shape index (κ2) is 9.80. The number of hydrogen-bond donors (Lipinski definition) is 1. The summed E-state index contributed by atoms with van der Waals surface area (Å²) in [6.45, 7) is 5.15. The Hall–Kier alpha value is -3.11. The van der Waals surface area contributed by atoms with Crippen LogP contribution in [0, 0.1) is 13.8 Å². The van der Waals surface area contributed by atoms with Crippen molar-refractivity contribution >= 4 is 23.4 Å². The molecule has 0 aliphatic carbocycles. The summed E-state index contributed by atoms with van der Waals surface area (Å²) in [6.07, 6.45) is -0.0681. The molecule has 3 rings (SSSR count). The number of ketones is 1. The van der Waals surface area contributed by atoms with Crippen LogP contribution in [0.1, 0.15) is 40.4 Å². The maximum Gasteiger partial charge on any atom is 0.344 e. The molecule has 3 aromatic carbocycles. The van der Waals surface area contributed by atoms with E-state index in [0.717, 1.165) is 27.8 Å². The second-order valence-corrected chi connectivity index (χ2v) is 8.11. The molecule has 1 N–H and O–H groups in total. The van der Waals surface area contributed by atoms with Crippen LogP contribution in [0.4, 0.5) is 0 Å². The van der Waals surface area contributed by atoms with Gasteiger partial charge >= 0.3 is 5.97 Å². The van der Waals surface area contributed by atoms with Crippen molar-refractivity contribution in [2.45, 2.75) is 39.7 Å². The Bertz CT molecular complexity index is 1090. The summed E-state index contributed by atoms with van der Waals surface area (Å²) < 4.78 is 5.82. The lowest BCUT2D eigenvalue weighted by molar-refractivity contribution is -0.145. The number of carboxylic acid groups (broad SMARTS) is 1. The molecule has 0 saturated carbocycles. The molecule has 5 heteroatoms. The molecule has 0 bridgehead atoms. The summed E-state index contributed by atoms with van der Waals surface area (Å²) in [5.41, 5.74) is 5.32. The van der Waals surface area contributed by atoms with Crippen LogP contribution >= 0.6 is 11.6 Å². The van der Waals surface area contributed by atoms with Crippen LogP contribution in [0.25, 0.3) is 11.1 Å². The topological polar surface area (TPSA) is 63.6 Å². The smallest absolute Gasteiger partial charge is 0.344 e. The number of hydrogen-bond acceptors (Lipinski definition) is 3. The highest BCUT2D eigenvalue weighted by Gasteiger charge is 2.21. The number of aliphatic carboxylic acids is 1. The molecule has 0 spiro atoms. The minimum atomic E-state index is -1.01. The summed E-state index contributed by atoms with van der Waals surface area (Å²) in [5, 5.41) is 10.3. The Kier molecular flexibility index (Phi) is 7.13. The third-order valence-electron chi connectivity index (χ3n) is 5.27. The molecule has 0 saturated heterocycles. The van der Waals surface area contributed by atoms with Crippen molar-refractivity contribution in [1.82, 2.24) is 0 Å². The molecule has 1 unspecified atom stereocenters. The van der Waals surface area contributed by atoms with Gasteiger partial charge in [0.15, 0.2) is 11.9 Å². The molecule has 0 heterocycles. The lowest BCUT2D eigenvalue weighted by Crippen LogP contribution is -2.28. The van der Waals surface area contributed by atoms with E-state index in [2.05, 4.69) is 0 Å². The van der Waals surface area contributed by atoms with Gasteiger partial charge in [-0.1, -0.05) is 48.0 Å². The first kappa shape index (κ1) is 22.6. The number of rotatable bonds is 8. The Morgan fingerprint density at radius 3 is 2.06 bits per heavy atom. The molecule has 1 atom stereocenters. The average Bonchev–Trinajstić information content (AvgIpc) is 2.73. The predicted octanol–water partition coefficient (Wildman–Crippen LogP) is 6.29. The molecular formula is C26H25ClO4. The van der Waals surface area contributed by atoms with Gasteiger partial charge < -0.3 is 9.84 Å². The van der Waals surface area contributed by atoms with E-state index in [1.54, 1.807) is 12.1 Å². The van der Waals surface area contributed by atoms with Crippen molar-refractivity contribution in [2.24, 2.45) is 0 Å². The van der Waals surface area contributed by atoms with Crippen LogP contribution in [0.5, 0.6) is 5.75 Å². The molecule has 0 aromatic heterocycles. The van der Waals surface area contributed by atoms with Crippen LogP contribution in [-0.4, -0.2) is 23.0 Å². The van der Waals surface area contributed by atoms with Gasteiger partial charge in [0, 0.05) is 10.6 Å². The van der Waals surface area contributed by atoms with Gasteiger partial charge in [-0.3, -0.25) is 4.79 Å². The average molecular weight is 437 g/mol. The highest BCUT2D eigenvalue weighted by molar-refractivity contribution is 6.30. The number of Topliss-reactive ketones (excluding diaryl/α,β-unsaturated/α-hetero) is 1. The fourth-order valence-corrected chi connectivity index (χ4v) is 3.61. The van der Waals surface area contributed by atoms with Crippen molar-refractivity contribution in [1.29, 1.82) is 0 Å². The molecule has 0 radical (unpaired) electrons. The largest absolute Gasteiger partial charge is 0.479 e. The van der Waals surface area contributed by atoms with Crippen LogP contribution in [-0.2, 0) is 11.2 Å². The summed E-state index contributed by atoms with van der Waals surface area (Å²) in [7, 11) is 0. The number of carboxylic acids is 1. The summed E-state index contributed by atoms with van der Waals surface area (Å²) in [4.78, 5) is 23.5. The predicted molar refractivity (Wildman–Crippen MR) is 123 cm³/mol. The van der Waals surface area contributed by atoms with Crippen LogP contribution < -0.4 is 4.74 Å². The zero-order valence-corrected chi connectivity index (χ0v) is 18.6. The van der Waals surface area contributed by atoms with E-state index in [1.165, 1.54) is 6.92 Å². The Morgan fingerprint density at radius 1 is 0.935 bits per heavy atom. The highest BCUT2D eigenvalue weighted by atomic mass is 35.5. The molecule has 160 valence electrons. The molecule has 3 aromatic rings. The van der Waals surface area contributed by atoms with Crippen molar-refractivity contribution in [3.63, 3.8) is 0 Å². The molecule has 0 aliphatic heterocycles. The van der Waals surface area contributed by atoms with E-state index in [0.29, 0.717) is 29.2 Å². The molecule has 4 nitrogen and oxygen atoms in total. The van der Waals surface area contributed by atoms with Gasteiger partial charge in [-0.15, -0.1) is 0 Å². The molecular weight excluding hydrogens is 412 g/mol. The summed E-state index contributed by atoms with van der Waals surface area (Å²) in [6, 6.07) is 19.2. The van der Waals surface area contributed by atoms with E-state index in [-0.39, 0.29) is 5.78 Å². The van der Waals surface area contributed by atoms with E-state index in [9.17, 15) is 14.7 Å². The van der Waals surface area contributed by atoms with E-state index < -0.39 is 12.1 Å². The summed E-state index contributed by atoms with van der Waals surface area (Å²) in [5.74, 6) is -0.539. The molecule has 0 amide bonds. The van der Waals surface area contributed by atoms with Crippen molar-refractivity contribution in [3.05, 3.63) is 87.9 Å². The van der Waals surface area contributed by atoms with Crippen molar-refractivity contribution in [3.8, 4) is 16.9 Å². The molecule has 31 heavy (non-hydrogen) atoms. The number of carbonyl (C=O) groups is 2. The van der Waals surface area contributed by atoms with E-state index in [1.807, 2.05) is 62.4 Å². The first-order valence-corrected chi connectivity index (χ1v) is 10.5. The number of benzene rings is 3. The zero-order chi connectivity index (χ0) is 22.5. The Labute approximate surface area is 187 Å². The first-order valence-electron chi connectivity index (χ1n) is 10.1. The second-order valence-electron chi connectivity index (χ2n) is 7.68. The van der Waals surface area contributed by atoms with Crippen LogP contribution in [0.2, 0.25) is 5.02 Å². The maximum absolute atomic E-state index is 11.8. The van der Waals surface area contributed by atoms with Gasteiger partial charge in [0.05, 0.1) is 0 Å². The van der Waals surface area contributed by atoms with Gasteiger partial charge in [0.1, 0.15) is 5.75 Å². The van der Waals surface area contributed by atoms with Crippen LogP contribution in [0.15, 0.2) is 60.7 Å².